The Kier molecular flexibility index (Phi) is 61.0. The number of nitrogens with one attached hydrogen (secondary N) is 4. The topological polar surface area (TPSA) is 200 Å². The Labute approximate surface area is 569 Å². The standard InChI is InChI=1S/C74H147N7O12/c1-10-17-23-30-54-86-70(87-55-31-24-18-11-2)62-75-66(82)40-50-80(51-41-67(83)76-63-71(88-56-32-25-19-12-3)89-57-33-26-20-13-4)48-38-46-79(9)47-39-49-81-52-42-68(84)77-64-72(90-58-34-27-21-14-5)92-60-36-29-44-74(8,16-7)45-37-61-93-73(65-78-69(85)43-53-81)91-59-35-28-22-15-6/h70-73H,10-65H2,1-9H3,(H,75,82)(H,76,83)(H,77,84)(H,78,85). The van der Waals surface area contributed by atoms with E-state index in [4.69, 9.17) is 37.9 Å². The van der Waals surface area contributed by atoms with Crippen LogP contribution in [0.3, 0.4) is 0 Å². The summed E-state index contributed by atoms with van der Waals surface area (Å²) in [6, 6.07) is 0. The molecule has 1 rings (SSSR count). The molecule has 1 fully saturated rings. The maximum Gasteiger partial charge on any atom is 0.221 e. The van der Waals surface area contributed by atoms with Gasteiger partial charge < -0.3 is 73.9 Å². The SMILES string of the molecule is CCCCCCOC(CNC(=O)CCN(CCCN(C)CCCN1CCC(=O)NCC(OCCCCCC)OCCCCC(C)(CC)CCCOC(OCCCCCC)CNC(=O)CC1)CCC(=O)NCC(OCCCCCC)OCCCCCC)OCCCCCC. The van der Waals surface area contributed by atoms with Gasteiger partial charge >= 0.3 is 0 Å². The van der Waals surface area contributed by atoms with Gasteiger partial charge in [-0.25, -0.2) is 0 Å². The molecular weight excluding hydrogens is 1180 g/mol. The van der Waals surface area contributed by atoms with Gasteiger partial charge in [-0.15, -0.1) is 0 Å². The zero-order valence-corrected chi connectivity index (χ0v) is 61.6. The van der Waals surface area contributed by atoms with Crippen LogP contribution in [0.5, 0.6) is 0 Å². The van der Waals surface area contributed by atoms with E-state index in [1.165, 1.54) is 38.5 Å². The molecular formula is C74H147N7O12. The first-order valence-electron chi connectivity index (χ1n) is 38.5. The minimum atomic E-state index is -0.512. The number of unbranched alkanes of at least 4 members (excludes halogenated alkanes) is 18. The summed E-state index contributed by atoms with van der Waals surface area (Å²) in [7, 11) is 2.13. The maximum absolute atomic E-state index is 13.6. The predicted octanol–water partition coefficient (Wildman–Crippen LogP) is 13.6. The summed E-state index contributed by atoms with van der Waals surface area (Å²) in [5.41, 5.74) is 0.190. The summed E-state index contributed by atoms with van der Waals surface area (Å²) in [5.74, 6) is -0.283. The third-order valence-electron chi connectivity index (χ3n) is 17.9. The van der Waals surface area contributed by atoms with Gasteiger partial charge in [0.05, 0.1) is 26.2 Å². The molecule has 0 radical (unpaired) electrons. The Morgan fingerprint density at radius 1 is 0.505 bits per heavy atom. The van der Waals surface area contributed by atoms with Crippen LogP contribution in [0.2, 0.25) is 0 Å². The van der Waals surface area contributed by atoms with E-state index < -0.39 is 25.2 Å². The summed E-state index contributed by atoms with van der Waals surface area (Å²) in [5, 5.41) is 12.4. The van der Waals surface area contributed by atoms with Gasteiger partial charge in [0, 0.05) is 105 Å². The number of rotatable bonds is 55. The number of nitrogens with zero attached hydrogens (tertiary/aromatic N) is 3. The first-order valence-corrected chi connectivity index (χ1v) is 38.5. The molecule has 0 aliphatic carbocycles. The quantitative estimate of drug-likeness (QED) is 0.0331. The lowest BCUT2D eigenvalue weighted by atomic mass is 9.78. The Morgan fingerprint density at radius 2 is 0.892 bits per heavy atom. The van der Waals surface area contributed by atoms with Crippen LogP contribution >= 0.6 is 0 Å². The first kappa shape index (κ1) is 88.5. The Balaban J connectivity index is 3.18. The molecule has 3 atom stereocenters. The van der Waals surface area contributed by atoms with Crippen LogP contribution < -0.4 is 21.3 Å². The third kappa shape index (κ3) is 55.1. The fourth-order valence-electron chi connectivity index (χ4n) is 11.3. The molecule has 4 N–H and O–H groups in total. The highest BCUT2D eigenvalue weighted by Gasteiger charge is 2.24. The summed E-state index contributed by atoms with van der Waals surface area (Å²) in [6.45, 7) is 28.8. The number of carbonyl (C=O) groups is 4. The zero-order valence-electron chi connectivity index (χ0n) is 61.6. The predicted molar refractivity (Wildman–Crippen MR) is 379 cm³/mol. The van der Waals surface area contributed by atoms with E-state index in [0.29, 0.717) is 112 Å². The van der Waals surface area contributed by atoms with Crippen molar-refractivity contribution in [3.8, 4) is 0 Å². The molecule has 1 saturated heterocycles. The highest BCUT2D eigenvalue weighted by molar-refractivity contribution is 5.77. The maximum atomic E-state index is 13.6. The molecule has 0 bridgehead atoms. The molecule has 0 aromatic rings. The monoisotopic (exact) mass is 1330 g/mol. The Hall–Kier alpha value is -2.56. The molecule has 93 heavy (non-hydrogen) atoms. The molecule has 1 heterocycles. The normalized spacial score (nSPS) is 18.4. The molecule has 550 valence electrons. The van der Waals surface area contributed by atoms with E-state index in [-0.39, 0.29) is 61.3 Å². The summed E-state index contributed by atoms with van der Waals surface area (Å²) in [6.07, 6.45) is 33.3. The van der Waals surface area contributed by atoms with Crippen LogP contribution in [0.4, 0.5) is 0 Å². The van der Waals surface area contributed by atoms with Crippen molar-refractivity contribution in [2.45, 2.75) is 312 Å². The molecule has 0 aromatic heterocycles. The summed E-state index contributed by atoms with van der Waals surface area (Å²) < 4.78 is 49.7. The van der Waals surface area contributed by atoms with E-state index in [1.807, 2.05) is 0 Å². The zero-order chi connectivity index (χ0) is 67.9. The molecule has 1 aliphatic rings. The van der Waals surface area contributed by atoms with Gasteiger partial charge in [0.15, 0.2) is 25.2 Å². The van der Waals surface area contributed by atoms with Gasteiger partial charge in [0.25, 0.3) is 0 Å². The fourth-order valence-corrected chi connectivity index (χ4v) is 11.3. The second-order valence-corrected chi connectivity index (χ2v) is 26.7. The van der Waals surface area contributed by atoms with Crippen LogP contribution in [-0.4, -0.2) is 202 Å². The van der Waals surface area contributed by atoms with Crippen LogP contribution in [0.1, 0.15) is 287 Å². The lowest BCUT2D eigenvalue weighted by Crippen LogP contribution is -2.40. The van der Waals surface area contributed by atoms with Gasteiger partial charge in [-0.2, -0.15) is 0 Å². The molecule has 1 aliphatic heterocycles. The van der Waals surface area contributed by atoms with Gasteiger partial charge in [-0.3, -0.25) is 19.2 Å². The number of amides is 4. The average molecular weight is 1330 g/mol. The molecule has 4 amide bonds. The number of ether oxygens (including phenoxy) is 8. The van der Waals surface area contributed by atoms with E-state index in [2.05, 4.69) is 98.4 Å². The largest absolute Gasteiger partial charge is 0.351 e. The van der Waals surface area contributed by atoms with Crippen molar-refractivity contribution < 1.29 is 57.1 Å². The minimum Gasteiger partial charge on any atom is -0.351 e. The van der Waals surface area contributed by atoms with Crippen LogP contribution in [0.25, 0.3) is 0 Å². The van der Waals surface area contributed by atoms with E-state index in [9.17, 15) is 19.2 Å². The van der Waals surface area contributed by atoms with Gasteiger partial charge in [0.2, 0.25) is 23.6 Å². The van der Waals surface area contributed by atoms with Gasteiger partial charge in [0.1, 0.15) is 0 Å². The van der Waals surface area contributed by atoms with Crippen LogP contribution in [0.15, 0.2) is 0 Å². The van der Waals surface area contributed by atoms with Crippen molar-refractivity contribution in [2.24, 2.45) is 5.41 Å². The van der Waals surface area contributed by atoms with Gasteiger partial charge in [-0.05, 0) is 116 Å². The first-order chi connectivity index (χ1) is 45.3. The Bertz CT molecular complexity index is 1630. The van der Waals surface area contributed by atoms with E-state index in [0.717, 1.165) is 180 Å². The number of hydrogen-bond donors (Lipinski definition) is 4. The van der Waals surface area contributed by atoms with Crippen molar-refractivity contribution >= 4 is 23.6 Å². The van der Waals surface area contributed by atoms with Crippen molar-refractivity contribution in [3.63, 3.8) is 0 Å². The van der Waals surface area contributed by atoms with Crippen molar-refractivity contribution in [2.75, 3.05) is 138 Å². The fraction of sp³-hybridized carbons (Fsp3) is 0.946. The smallest absolute Gasteiger partial charge is 0.221 e. The molecule has 3 unspecified atom stereocenters. The lowest BCUT2D eigenvalue weighted by Gasteiger charge is -2.29. The molecule has 0 spiro atoms. The van der Waals surface area contributed by atoms with Crippen molar-refractivity contribution in [1.29, 1.82) is 0 Å². The summed E-state index contributed by atoms with van der Waals surface area (Å²) in [4.78, 5) is 61.0. The highest BCUT2D eigenvalue weighted by atomic mass is 16.7. The van der Waals surface area contributed by atoms with E-state index in [1.54, 1.807) is 0 Å². The van der Waals surface area contributed by atoms with Crippen LogP contribution in [-0.2, 0) is 57.1 Å². The highest BCUT2D eigenvalue weighted by Crippen LogP contribution is 2.33. The number of hydrogen-bond acceptors (Lipinski definition) is 15. The second-order valence-electron chi connectivity index (χ2n) is 26.7. The number of carbonyl (C=O) groups excluding carboxylic acids is 4. The van der Waals surface area contributed by atoms with Crippen LogP contribution in [0, 0.1) is 5.41 Å². The Morgan fingerprint density at radius 3 is 1.30 bits per heavy atom. The van der Waals surface area contributed by atoms with E-state index >= 15 is 0 Å². The molecule has 19 nitrogen and oxygen atoms in total. The van der Waals surface area contributed by atoms with Crippen molar-refractivity contribution in [3.05, 3.63) is 0 Å². The third-order valence-corrected chi connectivity index (χ3v) is 17.9. The minimum absolute atomic E-state index is 0.0698. The second kappa shape index (κ2) is 64.1. The molecule has 0 aromatic carbocycles. The van der Waals surface area contributed by atoms with Gasteiger partial charge in [-0.1, -0.05) is 184 Å². The average Bonchev–Trinajstić information content (AvgIpc) is 3.33. The summed E-state index contributed by atoms with van der Waals surface area (Å²) >= 11 is 0. The molecule has 19 heteroatoms. The lowest BCUT2D eigenvalue weighted by molar-refractivity contribution is -0.147. The molecule has 0 saturated carbocycles. The van der Waals surface area contributed by atoms with Crippen molar-refractivity contribution in [1.82, 2.24) is 36.0 Å².